The summed E-state index contributed by atoms with van der Waals surface area (Å²) in [7, 11) is 0. The minimum absolute atomic E-state index is 0.0307. The number of carbonyl (C=O) groups is 1. The number of carbonyl (C=O) groups excluding carboxylic acids is 1. The van der Waals surface area contributed by atoms with Crippen molar-refractivity contribution in [3.05, 3.63) is 29.8 Å². The molecule has 25 heavy (non-hydrogen) atoms. The summed E-state index contributed by atoms with van der Waals surface area (Å²) in [5.74, 6) is 0.621. The number of likely N-dealkylation sites (tertiary alicyclic amines) is 1. The van der Waals surface area contributed by atoms with Crippen LogP contribution in [0.1, 0.15) is 49.4 Å². The van der Waals surface area contributed by atoms with Gasteiger partial charge in [-0.3, -0.25) is 4.79 Å². The van der Waals surface area contributed by atoms with Gasteiger partial charge in [0.05, 0.1) is 11.7 Å². The number of para-hydroxylation sites is 1. The maximum Gasteiger partial charge on any atom is 0.255 e. The zero-order valence-corrected chi connectivity index (χ0v) is 15.2. The van der Waals surface area contributed by atoms with Crippen molar-refractivity contribution in [1.29, 1.82) is 0 Å². The molecule has 0 spiro atoms. The van der Waals surface area contributed by atoms with Crippen LogP contribution in [0.3, 0.4) is 0 Å². The van der Waals surface area contributed by atoms with Crippen molar-refractivity contribution in [3.63, 3.8) is 0 Å². The zero-order valence-electron chi connectivity index (χ0n) is 15.2. The quantitative estimate of drug-likeness (QED) is 0.825. The van der Waals surface area contributed by atoms with Crippen LogP contribution in [0.5, 0.6) is 5.75 Å². The lowest BCUT2D eigenvalue weighted by Crippen LogP contribution is -2.44. The zero-order chi connectivity index (χ0) is 17.5. The smallest absolute Gasteiger partial charge is 0.255 e. The third-order valence-corrected chi connectivity index (χ3v) is 5.04. The fourth-order valence-corrected chi connectivity index (χ4v) is 3.62. The van der Waals surface area contributed by atoms with Crippen LogP contribution < -0.4 is 10.1 Å². The Hall–Kier alpha value is -1.59. The van der Waals surface area contributed by atoms with E-state index in [2.05, 4.69) is 17.1 Å². The van der Waals surface area contributed by atoms with Crippen molar-refractivity contribution in [2.45, 2.75) is 51.2 Å². The van der Waals surface area contributed by atoms with Gasteiger partial charge in [0, 0.05) is 25.7 Å². The van der Waals surface area contributed by atoms with Crippen molar-refractivity contribution in [3.8, 4) is 5.75 Å². The second-order valence-electron chi connectivity index (χ2n) is 7.03. The monoisotopic (exact) mass is 346 g/mol. The molecule has 2 heterocycles. The van der Waals surface area contributed by atoms with Gasteiger partial charge in [0.2, 0.25) is 0 Å². The topological polar surface area (TPSA) is 50.8 Å². The van der Waals surface area contributed by atoms with Crippen LogP contribution in [0.15, 0.2) is 24.3 Å². The molecule has 3 rings (SSSR count). The molecule has 0 radical (unpaired) electrons. The second-order valence-corrected chi connectivity index (χ2v) is 7.03. The lowest BCUT2D eigenvalue weighted by Gasteiger charge is -2.32. The van der Waals surface area contributed by atoms with Crippen LogP contribution in [-0.2, 0) is 4.74 Å². The highest BCUT2D eigenvalue weighted by atomic mass is 16.5. The predicted octanol–water partition coefficient (Wildman–Crippen LogP) is 2.85. The van der Waals surface area contributed by atoms with E-state index in [1.165, 1.54) is 6.42 Å². The summed E-state index contributed by atoms with van der Waals surface area (Å²) in [6, 6.07) is 7.76. The molecule has 0 aromatic heterocycles. The molecule has 1 amide bonds. The summed E-state index contributed by atoms with van der Waals surface area (Å²) >= 11 is 0. The molecule has 1 aromatic rings. The van der Waals surface area contributed by atoms with E-state index >= 15 is 0 Å². The Labute approximate surface area is 150 Å². The molecular formula is C20H30N2O3. The number of benzene rings is 1. The largest absolute Gasteiger partial charge is 0.490 e. The highest BCUT2D eigenvalue weighted by Crippen LogP contribution is 2.21. The Bertz CT molecular complexity index is 550. The Morgan fingerprint density at radius 3 is 2.80 bits per heavy atom. The maximum atomic E-state index is 12.7. The maximum absolute atomic E-state index is 12.7. The molecule has 2 aliphatic rings. The van der Waals surface area contributed by atoms with E-state index in [0.717, 1.165) is 51.9 Å². The van der Waals surface area contributed by atoms with Crippen LogP contribution in [-0.4, -0.2) is 55.8 Å². The third-order valence-electron chi connectivity index (χ3n) is 5.04. The van der Waals surface area contributed by atoms with Crippen LogP contribution >= 0.6 is 0 Å². The van der Waals surface area contributed by atoms with Crippen LogP contribution in [0.2, 0.25) is 0 Å². The van der Waals surface area contributed by atoms with E-state index in [4.69, 9.17) is 9.47 Å². The molecule has 2 saturated heterocycles. The molecule has 0 bridgehead atoms. The summed E-state index contributed by atoms with van der Waals surface area (Å²) in [4.78, 5) is 15.2. The van der Waals surface area contributed by atoms with Gasteiger partial charge in [0.1, 0.15) is 12.4 Å². The van der Waals surface area contributed by atoms with E-state index in [9.17, 15) is 4.79 Å². The second kappa shape index (κ2) is 9.20. The molecule has 5 heteroatoms. The lowest BCUT2D eigenvalue weighted by atomic mass is 10.0. The number of nitrogens with one attached hydrogen (secondary N) is 1. The fourth-order valence-electron chi connectivity index (χ4n) is 3.62. The minimum Gasteiger partial charge on any atom is -0.490 e. The summed E-state index contributed by atoms with van der Waals surface area (Å²) in [6.07, 6.45) is 5.50. The molecule has 1 aromatic carbocycles. The number of hydrogen-bond acceptors (Lipinski definition) is 4. The lowest BCUT2D eigenvalue weighted by molar-refractivity contribution is 0.0669. The van der Waals surface area contributed by atoms with Crippen LogP contribution in [0.25, 0.3) is 0 Å². The molecule has 5 nitrogen and oxygen atoms in total. The number of hydrogen-bond donors (Lipinski definition) is 1. The van der Waals surface area contributed by atoms with E-state index in [1.54, 1.807) is 0 Å². The summed E-state index contributed by atoms with van der Waals surface area (Å²) in [6.45, 7) is 6.82. The first-order valence-corrected chi connectivity index (χ1v) is 9.63. The van der Waals surface area contributed by atoms with Gasteiger partial charge in [-0.2, -0.15) is 0 Å². The average Bonchev–Trinajstić information content (AvgIpc) is 3.16. The number of amides is 1. The fraction of sp³-hybridized carbons (Fsp3) is 0.650. The molecule has 1 N–H and O–H groups in total. The SMILES string of the molecule is CCCN1CCC(NC(=O)c2ccccc2OCC2CCCO2)CC1. The molecule has 138 valence electrons. The summed E-state index contributed by atoms with van der Waals surface area (Å²) < 4.78 is 11.5. The Morgan fingerprint density at radius 1 is 1.28 bits per heavy atom. The number of rotatable bonds is 7. The standard InChI is InChI=1S/C20H30N2O3/c1-2-11-22-12-9-16(10-13-22)21-20(23)18-7-3-4-8-19(18)25-15-17-6-5-14-24-17/h3-4,7-8,16-17H,2,5-6,9-15H2,1H3,(H,21,23). The van der Waals surface area contributed by atoms with E-state index in [-0.39, 0.29) is 18.1 Å². The summed E-state index contributed by atoms with van der Waals surface area (Å²) in [5.41, 5.74) is 0.622. The first-order valence-electron chi connectivity index (χ1n) is 9.63. The van der Waals surface area contributed by atoms with E-state index in [1.807, 2.05) is 24.3 Å². The van der Waals surface area contributed by atoms with E-state index in [0.29, 0.717) is 17.9 Å². The minimum atomic E-state index is -0.0307. The average molecular weight is 346 g/mol. The van der Waals surface area contributed by atoms with E-state index < -0.39 is 0 Å². The number of nitrogens with zero attached hydrogens (tertiary/aromatic N) is 1. The normalized spacial score (nSPS) is 22.0. The molecule has 0 aliphatic carbocycles. The van der Waals surface area contributed by atoms with Gasteiger partial charge in [-0.15, -0.1) is 0 Å². The van der Waals surface area contributed by atoms with Crippen molar-refractivity contribution in [2.24, 2.45) is 0 Å². The van der Waals surface area contributed by atoms with Gasteiger partial charge in [0.25, 0.3) is 5.91 Å². The predicted molar refractivity (Wildman–Crippen MR) is 98.1 cm³/mol. The molecule has 2 fully saturated rings. The van der Waals surface area contributed by atoms with Gasteiger partial charge < -0.3 is 19.7 Å². The van der Waals surface area contributed by atoms with Crippen LogP contribution in [0.4, 0.5) is 0 Å². The Morgan fingerprint density at radius 2 is 2.08 bits per heavy atom. The Kier molecular flexibility index (Phi) is 6.70. The molecular weight excluding hydrogens is 316 g/mol. The number of piperidine rings is 1. The molecule has 1 unspecified atom stereocenters. The van der Waals surface area contributed by atoms with Gasteiger partial charge in [-0.05, 0) is 50.8 Å². The van der Waals surface area contributed by atoms with Crippen molar-refractivity contribution >= 4 is 5.91 Å². The van der Waals surface area contributed by atoms with Crippen LogP contribution in [0, 0.1) is 0 Å². The van der Waals surface area contributed by atoms with Gasteiger partial charge in [-0.1, -0.05) is 19.1 Å². The first kappa shape index (κ1) is 18.2. The van der Waals surface area contributed by atoms with Crippen molar-refractivity contribution < 1.29 is 14.3 Å². The van der Waals surface area contributed by atoms with Gasteiger partial charge >= 0.3 is 0 Å². The molecule has 1 atom stereocenters. The molecule has 2 aliphatic heterocycles. The third kappa shape index (κ3) is 5.19. The van der Waals surface area contributed by atoms with Crippen molar-refractivity contribution in [1.82, 2.24) is 10.2 Å². The summed E-state index contributed by atoms with van der Waals surface area (Å²) in [5, 5.41) is 3.19. The number of ether oxygens (including phenoxy) is 2. The highest BCUT2D eigenvalue weighted by Gasteiger charge is 2.22. The highest BCUT2D eigenvalue weighted by molar-refractivity contribution is 5.97. The van der Waals surface area contributed by atoms with Crippen molar-refractivity contribution in [2.75, 3.05) is 32.8 Å². The first-order chi connectivity index (χ1) is 12.3. The molecule has 0 saturated carbocycles. The Balaban J connectivity index is 1.53. The van der Waals surface area contributed by atoms with Gasteiger partial charge in [0.15, 0.2) is 0 Å². The van der Waals surface area contributed by atoms with Gasteiger partial charge in [-0.25, -0.2) is 0 Å².